The van der Waals surface area contributed by atoms with Crippen LogP contribution in [0.2, 0.25) is 0 Å². The molecule has 0 aromatic heterocycles. The normalized spacial score (nSPS) is 17.2. The number of hydrogen-bond donors (Lipinski definition) is 0. The molecule has 0 spiro atoms. The van der Waals surface area contributed by atoms with Crippen molar-refractivity contribution in [2.75, 3.05) is 0 Å². The maximum absolute atomic E-state index is 12.6. The zero-order valence-electron chi connectivity index (χ0n) is 12.4. The summed E-state index contributed by atoms with van der Waals surface area (Å²) in [6.45, 7) is 2.22. The summed E-state index contributed by atoms with van der Waals surface area (Å²) in [6.07, 6.45) is 2.98. The summed E-state index contributed by atoms with van der Waals surface area (Å²) in [4.78, 5) is 12.6. The van der Waals surface area contributed by atoms with E-state index >= 15 is 0 Å². The molecular formula is C19H19BO. The molecule has 1 unspecified atom stereocenters. The summed E-state index contributed by atoms with van der Waals surface area (Å²) < 4.78 is 0. The predicted molar refractivity (Wildman–Crippen MR) is 87.3 cm³/mol. The molecule has 0 aliphatic heterocycles. The van der Waals surface area contributed by atoms with Gasteiger partial charge in [-0.05, 0) is 24.3 Å². The Morgan fingerprint density at radius 1 is 1.10 bits per heavy atom. The van der Waals surface area contributed by atoms with Crippen molar-refractivity contribution in [3.63, 3.8) is 0 Å². The topological polar surface area (TPSA) is 17.1 Å². The van der Waals surface area contributed by atoms with Gasteiger partial charge >= 0.3 is 0 Å². The second kappa shape index (κ2) is 5.52. The Balaban J connectivity index is 1.88. The first-order chi connectivity index (χ1) is 10.1. The minimum absolute atomic E-state index is 0.0827. The molecule has 2 heteroatoms. The molecule has 1 fully saturated rings. The van der Waals surface area contributed by atoms with E-state index in [4.69, 9.17) is 7.85 Å². The largest absolute Gasteiger partial charge is 0.294 e. The Hall–Kier alpha value is -1.83. The third-order valence-electron chi connectivity index (χ3n) is 4.67. The molecule has 1 nitrogen and oxygen atoms in total. The maximum Gasteiger partial charge on any atom is 0.163 e. The Labute approximate surface area is 127 Å². The second-order valence-corrected chi connectivity index (χ2v) is 6.28. The smallest absolute Gasteiger partial charge is 0.163 e. The number of carbonyl (C=O) groups is 1. The number of carbonyl (C=O) groups excluding carboxylic acids is 1. The number of ketones is 1. The molecule has 0 amide bonds. The van der Waals surface area contributed by atoms with Crippen LogP contribution in [-0.4, -0.2) is 13.6 Å². The molecular weight excluding hydrogens is 255 g/mol. The van der Waals surface area contributed by atoms with Crippen molar-refractivity contribution in [1.29, 1.82) is 0 Å². The molecule has 1 saturated carbocycles. The van der Waals surface area contributed by atoms with Crippen LogP contribution >= 0.6 is 0 Å². The Morgan fingerprint density at radius 3 is 2.29 bits per heavy atom. The molecule has 2 radical (unpaired) electrons. The van der Waals surface area contributed by atoms with E-state index < -0.39 is 0 Å². The van der Waals surface area contributed by atoms with Crippen molar-refractivity contribution in [1.82, 2.24) is 0 Å². The third kappa shape index (κ3) is 2.95. The van der Waals surface area contributed by atoms with Crippen molar-refractivity contribution in [2.24, 2.45) is 5.92 Å². The molecule has 1 atom stereocenters. The van der Waals surface area contributed by atoms with Gasteiger partial charge in [0.2, 0.25) is 0 Å². The molecule has 2 aromatic rings. The highest BCUT2D eigenvalue weighted by molar-refractivity contribution is 6.32. The highest BCUT2D eigenvalue weighted by Gasteiger charge is 2.43. The van der Waals surface area contributed by atoms with Gasteiger partial charge in [0.1, 0.15) is 7.85 Å². The summed E-state index contributed by atoms with van der Waals surface area (Å²) in [5.74, 6) is 0.829. The van der Waals surface area contributed by atoms with Crippen LogP contribution in [0.3, 0.4) is 0 Å². The van der Waals surface area contributed by atoms with E-state index in [-0.39, 0.29) is 11.2 Å². The van der Waals surface area contributed by atoms with Gasteiger partial charge in [0.25, 0.3) is 0 Å². The van der Waals surface area contributed by atoms with Crippen LogP contribution in [0.25, 0.3) is 0 Å². The number of benzene rings is 2. The molecule has 2 aromatic carbocycles. The van der Waals surface area contributed by atoms with Crippen LogP contribution in [0, 0.1) is 5.92 Å². The lowest BCUT2D eigenvalue weighted by atomic mass is 9.72. The number of hydrogen-bond acceptors (Lipinski definition) is 1. The van der Waals surface area contributed by atoms with E-state index in [2.05, 4.69) is 19.1 Å². The van der Waals surface area contributed by atoms with E-state index in [1.54, 1.807) is 0 Å². The van der Waals surface area contributed by atoms with Gasteiger partial charge in [0.15, 0.2) is 5.78 Å². The minimum atomic E-state index is -0.0827. The average molecular weight is 274 g/mol. The SMILES string of the molecule is [B]c1ccc(C(C)(CC(=O)c2ccccc2)C2CC2)cc1. The van der Waals surface area contributed by atoms with Gasteiger partial charge in [-0.25, -0.2) is 0 Å². The summed E-state index contributed by atoms with van der Waals surface area (Å²) in [5, 5.41) is 0. The monoisotopic (exact) mass is 274 g/mol. The van der Waals surface area contributed by atoms with Crippen molar-refractivity contribution >= 4 is 19.1 Å². The molecule has 1 aliphatic carbocycles. The van der Waals surface area contributed by atoms with Crippen LogP contribution in [0.15, 0.2) is 54.6 Å². The van der Waals surface area contributed by atoms with E-state index in [0.717, 1.165) is 11.0 Å². The Bertz CT molecular complexity index is 628. The molecule has 104 valence electrons. The Morgan fingerprint density at radius 2 is 1.71 bits per heavy atom. The molecule has 3 rings (SSSR count). The number of rotatable bonds is 5. The van der Waals surface area contributed by atoms with Gasteiger partial charge in [-0.1, -0.05) is 67.0 Å². The van der Waals surface area contributed by atoms with Crippen LogP contribution < -0.4 is 5.46 Å². The summed E-state index contributed by atoms with van der Waals surface area (Å²) in [5.41, 5.74) is 2.72. The summed E-state index contributed by atoms with van der Waals surface area (Å²) in [6, 6.07) is 17.6. The lowest BCUT2D eigenvalue weighted by molar-refractivity contribution is 0.0946. The van der Waals surface area contributed by atoms with Gasteiger partial charge < -0.3 is 0 Å². The van der Waals surface area contributed by atoms with E-state index in [9.17, 15) is 4.79 Å². The van der Waals surface area contributed by atoms with E-state index in [1.165, 1.54) is 18.4 Å². The highest BCUT2D eigenvalue weighted by Crippen LogP contribution is 2.49. The minimum Gasteiger partial charge on any atom is -0.294 e. The first kappa shape index (κ1) is 14.1. The van der Waals surface area contributed by atoms with E-state index in [1.807, 2.05) is 42.5 Å². The van der Waals surface area contributed by atoms with Crippen molar-refractivity contribution in [2.45, 2.75) is 31.6 Å². The van der Waals surface area contributed by atoms with Crippen molar-refractivity contribution < 1.29 is 4.79 Å². The molecule has 1 aliphatic rings. The first-order valence-electron chi connectivity index (χ1n) is 7.54. The summed E-state index contributed by atoms with van der Waals surface area (Å²) >= 11 is 0. The van der Waals surface area contributed by atoms with Gasteiger partial charge in [0.05, 0.1) is 0 Å². The van der Waals surface area contributed by atoms with Gasteiger partial charge in [0, 0.05) is 17.4 Å². The van der Waals surface area contributed by atoms with Gasteiger partial charge in [-0.2, -0.15) is 0 Å². The average Bonchev–Trinajstić information content (AvgIpc) is 3.33. The first-order valence-corrected chi connectivity index (χ1v) is 7.54. The fourth-order valence-electron chi connectivity index (χ4n) is 3.13. The summed E-state index contributed by atoms with van der Waals surface area (Å²) in [7, 11) is 5.79. The zero-order chi connectivity index (χ0) is 14.9. The fourth-order valence-corrected chi connectivity index (χ4v) is 3.13. The standard InChI is InChI=1S/C19H19BO/c1-19(15-7-8-15,16-9-11-17(20)12-10-16)13-18(21)14-5-3-2-4-6-14/h2-6,9-12,15H,7-8,13H2,1H3. The molecule has 0 N–H and O–H groups in total. The van der Waals surface area contributed by atoms with Crippen LogP contribution in [-0.2, 0) is 5.41 Å². The third-order valence-corrected chi connectivity index (χ3v) is 4.67. The van der Waals surface area contributed by atoms with Crippen LogP contribution in [0.1, 0.15) is 42.1 Å². The lowest BCUT2D eigenvalue weighted by Gasteiger charge is -2.30. The number of Topliss-reactive ketones (excluding diaryl/α,β-unsaturated/α-hetero) is 1. The predicted octanol–water partition coefficient (Wildman–Crippen LogP) is 3.42. The van der Waals surface area contributed by atoms with Crippen LogP contribution in [0.5, 0.6) is 0 Å². The molecule has 0 saturated heterocycles. The Kier molecular flexibility index (Phi) is 3.71. The molecule has 0 heterocycles. The van der Waals surface area contributed by atoms with Gasteiger partial charge in [-0.3, -0.25) is 4.79 Å². The quantitative estimate of drug-likeness (QED) is 0.603. The van der Waals surface area contributed by atoms with Crippen LogP contribution in [0.4, 0.5) is 0 Å². The van der Waals surface area contributed by atoms with Gasteiger partial charge in [-0.15, -0.1) is 0 Å². The molecule has 0 bridgehead atoms. The lowest BCUT2D eigenvalue weighted by Crippen LogP contribution is -2.28. The van der Waals surface area contributed by atoms with E-state index in [0.29, 0.717) is 12.3 Å². The molecule has 21 heavy (non-hydrogen) atoms. The van der Waals surface area contributed by atoms with Crippen molar-refractivity contribution in [3.05, 3.63) is 65.7 Å². The maximum atomic E-state index is 12.6. The zero-order valence-corrected chi connectivity index (χ0v) is 12.4. The fraction of sp³-hybridized carbons (Fsp3) is 0.316. The highest BCUT2D eigenvalue weighted by atomic mass is 16.1. The van der Waals surface area contributed by atoms with Crippen molar-refractivity contribution in [3.8, 4) is 0 Å². The second-order valence-electron chi connectivity index (χ2n) is 6.28.